The summed E-state index contributed by atoms with van der Waals surface area (Å²) in [6.07, 6.45) is 1.22. The summed E-state index contributed by atoms with van der Waals surface area (Å²) in [5.74, 6) is 0. The molecule has 0 saturated carbocycles. The topological polar surface area (TPSA) is 86.7 Å². The molecule has 1 aromatic carbocycles. The van der Waals surface area contributed by atoms with Crippen molar-refractivity contribution in [2.75, 3.05) is 0 Å². The minimum absolute atomic E-state index is 0.0250. The third kappa shape index (κ3) is 3.18. The van der Waals surface area contributed by atoms with Gasteiger partial charge in [-0.3, -0.25) is 0 Å². The van der Waals surface area contributed by atoms with E-state index in [-0.39, 0.29) is 14.9 Å². The Bertz CT molecular complexity index is 1040. The minimum Gasteiger partial charge on any atom is -0.339 e. The van der Waals surface area contributed by atoms with Crippen LogP contribution >= 0.6 is 23.2 Å². The van der Waals surface area contributed by atoms with Gasteiger partial charge >= 0.3 is 0 Å². The first-order valence-electron chi connectivity index (χ1n) is 6.60. The maximum atomic E-state index is 12.7. The van der Waals surface area contributed by atoms with E-state index in [0.29, 0.717) is 17.0 Å². The molecule has 0 spiro atoms. The van der Waals surface area contributed by atoms with Gasteiger partial charge in [0.1, 0.15) is 22.7 Å². The van der Waals surface area contributed by atoms with Crippen molar-refractivity contribution < 1.29 is 8.42 Å². The number of hydrogen-bond acceptors (Lipinski definition) is 4. The number of nitrogens with zero attached hydrogens (tertiary/aromatic N) is 3. The quantitative estimate of drug-likeness (QED) is 0.757. The number of sulfone groups is 1. The first-order valence-corrected chi connectivity index (χ1v) is 8.84. The standard InChI is InChI=1S/C16H11Cl2N3O2S/c1-10-11(5-13(8-19)21(10)2)6-14(9-20)24(22,23)16-7-12(17)3-4-15(16)18/h3-7H,1-2H3/b14-6+. The normalized spacial score (nSPS) is 11.8. The third-order valence-electron chi connectivity index (χ3n) is 3.56. The van der Waals surface area contributed by atoms with Gasteiger partial charge in [-0.25, -0.2) is 8.42 Å². The number of aromatic nitrogens is 1. The van der Waals surface area contributed by atoms with Crippen LogP contribution in [0.4, 0.5) is 0 Å². The molecule has 0 unspecified atom stereocenters. The second-order valence-electron chi connectivity index (χ2n) is 4.94. The Kier molecular flexibility index (Phi) is 5.05. The molecule has 2 aromatic rings. The zero-order valence-electron chi connectivity index (χ0n) is 12.7. The molecule has 0 N–H and O–H groups in total. The summed E-state index contributed by atoms with van der Waals surface area (Å²) in [6.45, 7) is 1.72. The zero-order chi connectivity index (χ0) is 18.1. The molecule has 1 heterocycles. The lowest BCUT2D eigenvalue weighted by Gasteiger charge is -2.06. The highest BCUT2D eigenvalue weighted by molar-refractivity contribution is 7.95. The fourth-order valence-electron chi connectivity index (χ4n) is 2.09. The molecule has 0 saturated heterocycles. The summed E-state index contributed by atoms with van der Waals surface area (Å²) in [5.41, 5.74) is 1.48. The SMILES string of the molecule is Cc1c(/C=C(\C#N)S(=O)(=O)c2cc(Cl)ccc2Cl)cc(C#N)n1C. The molecule has 0 aliphatic heterocycles. The van der Waals surface area contributed by atoms with Gasteiger partial charge in [0.05, 0.1) is 9.92 Å². The molecule has 0 bridgehead atoms. The van der Waals surface area contributed by atoms with Crippen molar-refractivity contribution in [3.63, 3.8) is 0 Å². The molecule has 8 heteroatoms. The molecule has 24 heavy (non-hydrogen) atoms. The fraction of sp³-hybridized carbons (Fsp3) is 0.125. The van der Waals surface area contributed by atoms with E-state index in [4.69, 9.17) is 28.5 Å². The maximum absolute atomic E-state index is 12.7. The van der Waals surface area contributed by atoms with Crippen molar-refractivity contribution in [1.82, 2.24) is 4.57 Å². The first kappa shape index (κ1) is 18.1. The van der Waals surface area contributed by atoms with Crippen LogP contribution in [0.5, 0.6) is 0 Å². The van der Waals surface area contributed by atoms with Crippen LogP contribution in [-0.2, 0) is 16.9 Å². The van der Waals surface area contributed by atoms with E-state index < -0.39 is 14.7 Å². The number of allylic oxidation sites excluding steroid dienone is 1. The smallest absolute Gasteiger partial charge is 0.218 e. The largest absolute Gasteiger partial charge is 0.339 e. The Morgan fingerprint density at radius 3 is 2.46 bits per heavy atom. The summed E-state index contributed by atoms with van der Waals surface area (Å²) >= 11 is 11.8. The lowest BCUT2D eigenvalue weighted by Crippen LogP contribution is -2.04. The summed E-state index contributed by atoms with van der Waals surface area (Å²) in [4.78, 5) is -0.719. The maximum Gasteiger partial charge on any atom is 0.218 e. The number of benzene rings is 1. The van der Waals surface area contributed by atoms with Gasteiger partial charge in [-0.1, -0.05) is 23.2 Å². The molecule has 5 nitrogen and oxygen atoms in total. The molecule has 0 fully saturated rings. The molecule has 1 aromatic heterocycles. The van der Waals surface area contributed by atoms with Gasteiger partial charge in [0, 0.05) is 17.8 Å². The minimum atomic E-state index is -4.14. The molecule has 2 rings (SSSR count). The van der Waals surface area contributed by atoms with Gasteiger partial charge in [-0.2, -0.15) is 10.5 Å². The van der Waals surface area contributed by atoms with Crippen molar-refractivity contribution in [3.8, 4) is 12.1 Å². The second-order valence-corrected chi connectivity index (χ2v) is 7.67. The summed E-state index contributed by atoms with van der Waals surface area (Å²) in [7, 11) is -2.46. The molecule has 0 atom stereocenters. The Hall–Kier alpha value is -2.25. The fourth-order valence-corrected chi connectivity index (χ4v) is 3.99. The summed E-state index contributed by atoms with van der Waals surface area (Å²) in [5, 5.41) is 18.5. The van der Waals surface area contributed by atoms with Gasteiger partial charge in [-0.05, 0) is 42.8 Å². The molecule has 0 amide bonds. The molecule has 0 radical (unpaired) electrons. The van der Waals surface area contributed by atoms with Crippen LogP contribution in [0.3, 0.4) is 0 Å². The van der Waals surface area contributed by atoms with Crippen molar-refractivity contribution >= 4 is 39.1 Å². The Balaban J connectivity index is 2.66. The summed E-state index contributed by atoms with van der Waals surface area (Å²) in [6, 6.07) is 9.21. The highest BCUT2D eigenvalue weighted by Gasteiger charge is 2.24. The van der Waals surface area contributed by atoms with Gasteiger partial charge in [-0.15, -0.1) is 0 Å². The van der Waals surface area contributed by atoms with Crippen LogP contribution in [-0.4, -0.2) is 13.0 Å². The van der Waals surface area contributed by atoms with Crippen LogP contribution in [0.1, 0.15) is 17.0 Å². The van der Waals surface area contributed by atoms with Crippen LogP contribution in [0, 0.1) is 29.6 Å². The van der Waals surface area contributed by atoms with Crippen molar-refractivity contribution in [3.05, 3.63) is 56.2 Å². The van der Waals surface area contributed by atoms with Crippen LogP contribution in [0.2, 0.25) is 10.0 Å². The van der Waals surface area contributed by atoms with E-state index in [2.05, 4.69) is 0 Å². The lowest BCUT2D eigenvalue weighted by atomic mass is 10.2. The zero-order valence-corrected chi connectivity index (χ0v) is 15.0. The first-order chi connectivity index (χ1) is 11.2. The van der Waals surface area contributed by atoms with Crippen molar-refractivity contribution in [1.29, 1.82) is 10.5 Å². The number of nitriles is 2. The molecule has 0 aliphatic rings. The van der Waals surface area contributed by atoms with Crippen LogP contribution in [0.15, 0.2) is 34.1 Å². The van der Waals surface area contributed by atoms with Gasteiger partial charge in [0.15, 0.2) is 0 Å². The molecular weight excluding hydrogens is 369 g/mol. The number of hydrogen-bond donors (Lipinski definition) is 0. The van der Waals surface area contributed by atoms with E-state index in [1.807, 2.05) is 6.07 Å². The van der Waals surface area contributed by atoms with E-state index >= 15 is 0 Å². The second kappa shape index (κ2) is 6.70. The van der Waals surface area contributed by atoms with Crippen LogP contribution < -0.4 is 0 Å². The van der Waals surface area contributed by atoms with E-state index in [1.54, 1.807) is 24.6 Å². The monoisotopic (exact) mass is 379 g/mol. The third-order valence-corrected chi connectivity index (χ3v) is 5.94. The van der Waals surface area contributed by atoms with Crippen molar-refractivity contribution in [2.24, 2.45) is 7.05 Å². The number of rotatable bonds is 3. The Morgan fingerprint density at radius 2 is 1.92 bits per heavy atom. The summed E-state index contributed by atoms with van der Waals surface area (Å²) < 4.78 is 27.0. The highest BCUT2D eigenvalue weighted by Crippen LogP contribution is 2.30. The van der Waals surface area contributed by atoms with Gasteiger partial charge in [0.25, 0.3) is 0 Å². The van der Waals surface area contributed by atoms with E-state index in [1.165, 1.54) is 30.3 Å². The lowest BCUT2D eigenvalue weighted by molar-refractivity contribution is 0.603. The molecule has 0 aliphatic carbocycles. The molecule has 122 valence electrons. The van der Waals surface area contributed by atoms with Crippen LogP contribution in [0.25, 0.3) is 6.08 Å². The Labute approximate surface area is 149 Å². The van der Waals surface area contributed by atoms with E-state index in [0.717, 1.165) is 0 Å². The Morgan fingerprint density at radius 1 is 1.25 bits per heavy atom. The number of halogens is 2. The van der Waals surface area contributed by atoms with Gasteiger partial charge in [0.2, 0.25) is 9.84 Å². The van der Waals surface area contributed by atoms with E-state index in [9.17, 15) is 13.7 Å². The highest BCUT2D eigenvalue weighted by atomic mass is 35.5. The average molecular weight is 380 g/mol. The van der Waals surface area contributed by atoms with Crippen molar-refractivity contribution in [2.45, 2.75) is 11.8 Å². The predicted molar refractivity (Wildman–Crippen MR) is 92.1 cm³/mol. The molecular formula is C16H11Cl2N3O2S. The average Bonchev–Trinajstić information content (AvgIpc) is 2.82. The predicted octanol–water partition coefficient (Wildman–Crippen LogP) is 3.85. The van der Waals surface area contributed by atoms with Gasteiger partial charge < -0.3 is 4.57 Å².